The molecular weight excluding hydrogens is 873 g/mol. The Morgan fingerprint density at radius 1 is 0.500 bits per heavy atom. The quantitative estimate of drug-likeness (QED) is 0.106. The molecule has 2 heteroatoms. The zero-order valence-electron chi connectivity index (χ0n) is 48.3. The average molecular weight is 974 g/mol. The summed E-state index contributed by atoms with van der Waals surface area (Å²) in [5.41, 5.74) is 19.0. The Hall–Kier alpha value is -3.98. The highest BCUT2D eigenvalue weighted by Gasteiger charge is 2.60. The summed E-state index contributed by atoms with van der Waals surface area (Å²) in [7, 11) is 0. The molecule has 5 aromatic carbocycles. The molecule has 0 aromatic heterocycles. The maximum absolute atomic E-state index is 9.22. The van der Waals surface area contributed by atoms with Crippen LogP contribution in [0.15, 0.2) is 103 Å². The van der Waals surface area contributed by atoms with Crippen LogP contribution in [-0.4, -0.2) is 11.4 Å². The van der Waals surface area contributed by atoms with E-state index in [-0.39, 0.29) is 6.10 Å². The van der Waals surface area contributed by atoms with Crippen molar-refractivity contribution in [3.8, 4) is 0 Å². The van der Waals surface area contributed by atoms with Crippen molar-refractivity contribution < 1.29 is 10.1 Å². The molecule has 9 rings (SSSR count). The fraction of sp³-hybridized carbons (Fsp3) is 0.571. The molecule has 0 bridgehead atoms. The number of aryl methyl sites for hydroxylation is 9. The Labute approximate surface area is 441 Å². The minimum absolute atomic E-state index is 0.00435. The molecule has 4 fully saturated rings. The molecule has 4 aliphatic rings. The smallest absolute Gasteiger partial charge is 0.0927 e. The molecule has 1 N–H and O–H groups in total. The van der Waals surface area contributed by atoms with Crippen molar-refractivity contribution in [3.63, 3.8) is 0 Å². The van der Waals surface area contributed by atoms with Gasteiger partial charge in [-0.25, -0.2) is 4.89 Å². The maximum Gasteiger partial charge on any atom is 0.0927 e. The van der Waals surface area contributed by atoms with Gasteiger partial charge in [-0.15, -0.1) is 0 Å². The minimum Gasteiger partial charge on any atom is -0.252 e. The van der Waals surface area contributed by atoms with Gasteiger partial charge in [0.05, 0.1) is 6.10 Å². The molecule has 0 aliphatic heterocycles. The first-order valence-corrected chi connectivity index (χ1v) is 28.8. The number of fused-ring (bicyclic) bond motifs is 5. The van der Waals surface area contributed by atoms with Gasteiger partial charge >= 0.3 is 0 Å². The largest absolute Gasteiger partial charge is 0.252 e. The third kappa shape index (κ3) is 15.1. The van der Waals surface area contributed by atoms with Crippen LogP contribution in [0.3, 0.4) is 0 Å². The van der Waals surface area contributed by atoms with Crippen LogP contribution in [0.4, 0.5) is 0 Å². The number of benzene rings is 5. The molecule has 0 amide bonds. The third-order valence-electron chi connectivity index (χ3n) is 19.2. The molecular formula is C70H100O2. The molecule has 392 valence electrons. The second-order valence-corrected chi connectivity index (χ2v) is 25.4. The van der Waals surface area contributed by atoms with Crippen molar-refractivity contribution in [1.29, 1.82) is 0 Å². The Morgan fingerprint density at radius 2 is 1.00 bits per heavy atom. The Morgan fingerprint density at radius 3 is 1.49 bits per heavy atom. The summed E-state index contributed by atoms with van der Waals surface area (Å²) in [6, 6.07) is 37.5. The first-order valence-electron chi connectivity index (χ1n) is 28.8. The lowest BCUT2D eigenvalue weighted by molar-refractivity contribution is -0.290. The second-order valence-electron chi connectivity index (χ2n) is 25.4. The predicted molar refractivity (Wildman–Crippen MR) is 310 cm³/mol. The summed E-state index contributed by atoms with van der Waals surface area (Å²) < 4.78 is 0. The van der Waals surface area contributed by atoms with Crippen LogP contribution in [0, 0.1) is 120 Å². The topological polar surface area (TPSA) is 29.5 Å². The maximum atomic E-state index is 9.22. The van der Waals surface area contributed by atoms with Crippen molar-refractivity contribution >= 4 is 0 Å². The van der Waals surface area contributed by atoms with E-state index in [0.29, 0.717) is 16.7 Å². The highest BCUT2D eigenvalue weighted by molar-refractivity contribution is 5.37. The molecule has 5 aromatic rings. The van der Waals surface area contributed by atoms with E-state index in [4.69, 9.17) is 4.89 Å². The van der Waals surface area contributed by atoms with Gasteiger partial charge in [-0.2, -0.15) is 0 Å². The van der Waals surface area contributed by atoms with E-state index in [0.717, 1.165) is 54.3 Å². The van der Waals surface area contributed by atoms with E-state index < -0.39 is 0 Å². The van der Waals surface area contributed by atoms with E-state index in [1.807, 2.05) is 0 Å². The van der Waals surface area contributed by atoms with E-state index in [1.165, 1.54) is 149 Å². The first-order chi connectivity index (χ1) is 34.2. The Kier molecular flexibility index (Phi) is 20.7. The van der Waals surface area contributed by atoms with Crippen molar-refractivity contribution in [3.05, 3.63) is 175 Å². The molecule has 72 heavy (non-hydrogen) atoms. The van der Waals surface area contributed by atoms with E-state index >= 15 is 0 Å². The van der Waals surface area contributed by atoms with Crippen LogP contribution in [-0.2, 0) is 17.7 Å². The highest BCUT2D eigenvalue weighted by atomic mass is 17.1. The van der Waals surface area contributed by atoms with Gasteiger partial charge in [-0.05, 0) is 243 Å². The molecule has 4 saturated carbocycles. The van der Waals surface area contributed by atoms with Gasteiger partial charge in [0.25, 0.3) is 0 Å². The van der Waals surface area contributed by atoms with Gasteiger partial charge in [-0.3, -0.25) is 5.26 Å². The molecule has 2 nitrogen and oxygen atoms in total. The molecule has 0 radical (unpaired) electrons. The highest BCUT2D eigenvalue weighted by Crippen LogP contribution is 2.69. The van der Waals surface area contributed by atoms with Gasteiger partial charge < -0.3 is 0 Å². The molecule has 0 spiro atoms. The van der Waals surface area contributed by atoms with Crippen LogP contribution in [0.2, 0.25) is 0 Å². The summed E-state index contributed by atoms with van der Waals surface area (Å²) in [4.78, 5) is 4.75. The lowest BCUT2D eigenvalue weighted by Crippen LogP contribution is -2.54. The SMILES string of the molecule is CC(C)CCCC(C)C1CCC2C3CCC4CC(C(C)OO)CCC4(C)C3CCC12C.Cc1cc(C)cc(C)c1.Cc1ccc(Cc2ccc(C)c(C)c2)cc1C.Cc1cccc(Cc2cccc(C)c2)c1. The van der Waals surface area contributed by atoms with Crippen LogP contribution in [0.5, 0.6) is 0 Å². The van der Waals surface area contributed by atoms with E-state index in [2.05, 4.69) is 207 Å². The number of hydrogen-bond acceptors (Lipinski definition) is 2. The fourth-order valence-electron chi connectivity index (χ4n) is 15.0. The lowest BCUT2D eigenvalue weighted by Gasteiger charge is -2.61. The molecule has 10 unspecified atom stereocenters. The standard InChI is InChI=1S/C29H52O2.C17H20.C15H16.C9H12/c1-19(2)8-7-9-20(3)25-12-13-26-24-11-10-23-18-22(21(4)31-30)14-16-28(23,5)27(24)15-17-29(25,26)6;1-12-5-7-16(9-14(12)3)11-17-8-6-13(2)15(4)10-17;1-12-5-3-7-14(9-12)11-15-8-4-6-13(2)10-15;1-7-4-8(2)6-9(3)5-7/h19-27,30H,7-18H2,1-6H3;5-10H,11H2,1-4H3;3-10H,11H2,1-2H3;4-6H,1-3H3. The van der Waals surface area contributed by atoms with Crippen molar-refractivity contribution in [1.82, 2.24) is 0 Å². The molecule has 10 atom stereocenters. The first kappa shape index (κ1) is 57.3. The normalized spacial score (nSPS) is 26.0. The van der Waals surface area contributed by atoms with Crippen LogP contribution < -0.4 is 0 Å². The van der Waals surface area contributed by atoms with Gasteiger partial charge in [-0.1, -0.05) is 185 Å². The van der Waals surface area contributed by atoms with Gasteiger partial charge in [0, 0.05) is 0 Å². The monoisotopic (exact) mass is 973 g/mol. The summed E-state index contributed by atoms with van der Waals surface area (Å²) in [6.07, 6.45) is 19.1. The molecule has 0 saturated heterocycles. The van der Waals surface area contributed by atoms with Crippen molar-refractivity contribution in [2.45, 2.75) is 200 Å². The number of hydrogen-bond donors (Lipinski definition) is 1. The minimum atomic E-state index is 0.00435. The van der Waals surface area contributed by atoms with Crippen LogP contribution in [0.1, 0.15) is 191 Å². The average Bonchev–Trinajstić information content (AvgIpc) is 3.68. The Balaban J connectivity index is 0.000000174. The molecule has 0 heterocycles. The third-order valence-corrected chi connectivity index (χ3v) is 19.2. The summed E-state index contributed by atoms with van der Waals surface area (Å²) >= 11 is 0. The van der Waals surface area contributed by atoms with Gasteiger partial charge in [0.2, 0.25) is 0 Å². The fourth-order valence-corrected chi connectivity index (χ4v) is 15.0. The summed E-state index contributed by atoms with van der Waals surface area (Å²) in [5.74, 6) is 7.05. The lowest BCUT2D eigenvalue weighted by atomic mass is 9.44. The Bertz CT molecular complexity index is 2330. The van der Waals surface area contributed by atoms with E-state index in [9.17, 15) is 5.26 Å². The summed E-state index contributed by atoms with van der Waals surface area (Å²) in [5, 5.41) is 9.22. The summed E-state index contributed by atoms with van der Waals surface area (Å²) in [6.45, 7) is 34.1. The van der Waals surface area contributed by atoms with Crippen molar-refractivity contribution in [2.24, 2.45) is 58.2 Å². The van der Waals surface area contributed by atoms with Gasteiger partial charge in [0.15, 0.2) is 0 Å². The van der Waals surface area contributed by atoms with E-state index in [1.54, 1.807) is 0 Å². The van der Waals surface area contributed by atoms with Crippen molar-refractivity contribution in [2.75, 3.05) is 0 Å². The molecule has 4 aliphatic carbocycles. The van der Waals surface area contributed by atoms with Gasteiger partial charge in [0.1, 0.15) is 0 Å². The van der Waals surface area contributed by atoms with Crippen LogP contribution >= 0.6 is 0 Å². The number of rotatable bonds is 11. The predicted octanol–water partition coefficient (Wildman–Crippen LogP) is 19.6. The second kappa shape index (κ2) is 26.0. The zero-order valence-corrected chi connectivity index (χ0v) is 48.3. The zero-order chi connectivity index (χ0) is 52.3. The van der Waals surface area contributed by atoms with Crippen LogP contribution in [0.25, 0.3) is 0 Å².